The molecule has 0 fully saturated rings. The second kappa shape index (κ2) is 7.72. The van der Waals surface area contributed by atoms with Crippen molar-refractivity contribution in [3.05, 3.63) is 71.5 Å². The molecule has 0 aliphatic carbocycles. The Morgan fingerprint density at radius 2 is 2.03 bits per heavy atom. The van der Waals surface area contributed by atoms with Crippen molar-refractivity contribution in [2.45, 2.75) is 19.5 Å². The summed E-state index contributed by atoms with van der Waals surface area (Å²) in [6, 6.07) is 15.9. The largest absolute Gasteiger partial charge is 0.495 e. The van der Waals surface area contributed by atoms with Crippen molar-refractivity contribution in [3.63, 3.8) is 0 Å². The summed E-state index contributed by atoms with van der Waals surface area (Å²) in [4.78, 5) is 27.7. The molecule has 8 heteroatoms. The minimum Gasteiger partial charge on any atom is -0.495 e. The Morgan fingerprint density at radius 3 is 2.73 bits per heavy atom. The van der Waals surface area contributed by atoms with Crippen LogP contribution in [0.4, 0.5) is 11.4 Å². The van der Waals surface area contributed by atoms with Crippen LogP contribution >= 0.6 is 0 Å². The van der Waals surface area contributed by atoms with Crippen molar-refractivity contribution in [2.75, 3.05) is 17.3 Å². The average Bonchev–Trinajstić information content (AvgIpc) is 3.16. The fourth-order valence-corrected chi connectivity index (χ4v) is 3.58. The maximum atomic E-state index is 13.3. The highest BCUT2D eigenvalue weighted by Crippen LogP contribution is 2.29. The minimum atomic E-state index is -0.442. The maximum absolute atomic E-state index is 13.3. The summed E-state index contributed by atoms with van der Waals surface area (Å²) in [5.41, 5.74) is 1.96. The molecular weight excluding hydrogens is 382 g/mol. The molecule has 4 rings (SSSR count). The Bertz CT molecular complexity index is 1160. The van der Waals surface area contributed by atoms with Crippen molar-refractivity contribution in [1.29, 1.82) is 5.26 Å². The molecule has 2 heterocycles. The first kappa shape index (κ1) is 19.2. The number of fused-ring (bicyclic) bond motifs is 1. The van der Waals surface area contributed by atoms with Crippen LogP contribution in [0.25, 0.3) is 0 Å². The van der Waals surface area contributed by atoms with E-state index in [0.717, 1.165) is 5.69 Å². The molecule has 0 saturated heterocycles. The van der Waals surface area contributed by atoms with Crippen molar-refractivity contribution in [3.8, 4) is 11.8 Å². The molecule has 3 aromatic rings. The fraction of sp³-hybridized carbons (Fsp3) is 0.182. The molecule has 0 radical (unpaired) electrons. The van der Waals surface area contributed by atoms with E-state index in [0.29, 0.717) is 23.7 Å². The molecule has 1 atom stereocenters. The van der Waals surface area contributed by atoms with Gasteiger partial charge in [0, 0.05) is 11.3 Å². The van der Waals surface area contributed by atoms with E-state index >= 15 is 0 Å². The number of nitrogens with zero attached hydrogens (tertiary/aromatic N) is 4. The number of hydrogen-bond donors (Lipinski definition) is 1. The van der Waals surface area contributed by atoms with E-state index in [1.165, 1.54) is 19.4 Å². The van der Waals surface area contributed by atoms with Gasteiger partial charge < -0.3 is 15.0 Å². The summed E-state index contributed by atoms with van der Waals surface area (Å²) in [7, 11) is 1.46. The van der Waals surface area contributed by atoms with Crippen molar-refractivity contribution < 1.29 is 14.3 Å². The molecule has 0 spiro atoms. The summed E-state index contributed by atoms with van der Waals surface area (Å²) >= 11 is 0. The van der Waals surface area contributed by atoms with E-state index in [9.17, 15) is 14.9 Å². The third-order valence-corrected chi connectivity index (χ3v) is 5.00. The zero-order valence-electron chi connectivity index (χ0n) is 16.5. The second-order valence-electron chi connectivity index (χ2n) is 6.93. The van der Waals surface area contributed by atoms with Gasteiger partial charge in [0.05, 0.1) is 37.1 Å². The third kappa shape index (κ3) is 3.26. The number of carbonyl (C=O) groups is 2. The molecule has 2 amide bonds. The zero-order chi connectivity index (χ0) is 21.3. The van der Waals surface area contributed by atoms with Crippen molar-refractivity contribution >= 4 is 23.2 Å². The lowest BCUT2D eigenvalue weighted by Gasteiger charge is -2.34. The summed E-state index contributed by atoms with van der Waals surface area (Å²) in [6.07, 6.45) is 1.47. The standard InChI is InChI=1S/C22H19N5O3/c1-14-13-26-20(22(29)27(14)17-6-4-3-5-7-17)18(12-24-26)25-21(28)15-8-9-19(30-2)16(10-15)11-23/h3-10,12,14H,13H2,1-2H3,(H,25,28)/t14-/m0/s1. The lowest BCUT2D eigenvalue weighted by molar-refractivity contribution is 0.0948. The number of ether oxygens (including phenoxy) is 1. The van der Waals surface area contributed by atoms with Crippen LogP contribution in [0.2, 0.25) is 0 Å². The number of amides is 2. The van der Waals surface area contributed by atoms with Gasteiger partial charge in [0.15, 0.2) is 0 Å². The van der Waals surface area contributed by atoms with Gasteiger partial charge in [0.2, 0.25) is 0 Å². The predicted molar refractivity (Wildman–Crippen MR) is 111 cm³/mol. The monoisotopic (exact) mass is 401 g/mol. The first-order valence-electron chi connectivity index (χ1n) is 9.37. The van der Waals surface area contributed by atoms with Gasteiger partial charge in [-0.15, -0.1) is 0 Å². The average molecular weight is 401 g/mol. The number of anilines is 2. The van der Waals surface area contributed by atoms with Gasteiger partial charge in [-0.2, -0.15) is 10.4 Å². The number of methoxy groups -OCH3 is 1. The fourth-order valence-electron chi connectivity index (χ4n) is 3.58. The molecule has 8 nitrogen and oxygen atoms in total. The van der Waals surface area contributed by atoms with E-state index in [1.54, 1.807) is 21.7 Å². The zero-order valence-corrected chi connectivity index (χ0v) is 16.5. The molecule has 1 aliphatic heterocycles. The second-order valence-corrected chi connectivity index (χ2v) is 6.93. The van der Waals surface area contributed by atoms with Crippen LogP contribution in [0.1, 0.15) is 33.3 Å². The van der Waals surface area contributed by atoms with Crippen LogP contribution in [0, 0.1) is 11.3 Å². The van der Waals surface area contributed by atoms with Gasteiger partial charge in [0.1, 0.15) is 17.5 Å². The number of benzene rings is 2. The Morgan fingerprint density at radius 1 is 1.27 bits per heavy atom. The van der Waals surface area contributed by atoms with E-state index in [1.807, 2.05) is 43.3 Å². The SMILES string of the molecule is COc1ccc(C(=O)Nc2cnn3c2C(=O)N(c2ccccc2)[C@@H](C)C3)cc1C#N. The lowest BCUT2D eigenvalue weighted by atomic mass is 10.1. The Hall–Kier alpha value is -4.12. The molecule has 0 unspecified atom stereocenters. The van der Waals surface area contributed by atoms with Crippen LogP contribution in [0.15, 0.2) is 54.7 Å². The first-order valence-corrected chi connectivity index (χ1v) is 9.37. The van der Waals surface area contributed by atoms with Gasteiger partial charge >= 0.3 is 0 Å². The highest BCUT2D eigenvalue weighted by atomic mass is 16.5. The van der Waals surface area contributed by atoms with Crippen molar-refractivity contribution in [2.24, 2.45) is 0 Å². The summed E-state index contributed by atoms with van der Waals surface area (Å²) in [6.45, 7) is 2.46. The van der Waals surface area contributed by atoms with E-state index in [4.69, 9.17) is 4.74 Å². The Labute approximate surface area is 173 Å². The van der Waals surface area contributed by atoms with Crippen LogP contribution in [0.5, 0.6) is 5.75 Å². The number of carbonyl (C=O) groups excluding carboxylic acids is 2. The molecule has 1 aliphatic rings. The van der Waals surface area contributed by atoms with E-state index in [-0.39, 0.29) is 23.1 Å². The normalized spacial score (nSPS) is 15.3. The summed E-state index contributed by atoms with van der Waals surface area (Å²) in [5, 5.41) is 16.3. The maximum Gasteiger partial charge on any atom is 0.279 e. The van der Waals surface area contributed by atoms with E-state index in [2.05, 4.69) is 10.4 Å². The highest BCUT2D eigenvalue weighted by Gasteiger charge is 2.34. The molecule has 30 heavy (non-hydrogen) atoms. The topological polar surface area (TPSA) is 100 Å². The molecule has 150 valence electrons. The Kier molecular flexibility index (Phi) is 4.94. The van der Waals surface area contributed by atoms with E-state index < -0.39 is 5.91 Å². The number of nitrogens with one attached hydrogen (secondary N) is 1. The van der Waals surface area contributed by atoms with Crippen LogP contribution in [-0.4, -0.2) is 34.7 Å². The molecule has 0 bridgehead atoms. The van der Waals surface area contributed by atoms with Crippen LogP contribution < -0.4 is 15.0 Å². The first-order chi connectivity index (χ1) is 14.5. The van der Waals surface area contributed by atoms with Gasteiger partial charge in [-0.25, -0.2) is 0 Å². The predicted octanol–water partition coefficient (Wildman–Crippen LogP) is 3.06. The van der Waals surface area contributed by atoms with Crippen LogP contribution in [-0.2, 0) is 6.54 Å². The lowest BCUT2D eigenvalue weighted by Crippen LogP contribution is -2.47. The highest BCUT2D eigenvalue weighted by molar-refractivity contribution is 6.13. The molecule has 1 aromatic heterocycles. The minimum absolute atomic E-state index is 0.0874. The third-order valence-electron chi connectivity index (χ3n) is 5.00. The van der Waals surface area contributed by atoms with Gasteiger partial charge in [-0.05, 0) is 37.3 Å². The number of para-hydroxylation sites is 1. The summed E-state index contributed by atoms with van der Waals surface area (Å²) in [5.74, 6) is -0.289. The van der Waals surface area contributed by atoms with Gasteiger partial charge in [-0.3, -0.25) is 14.3 Å². The smallest absolute Gasteiger partial charge is 0.279 e. The molecule has 0 saturated carbocycles. The van der Waals surface area contributed by atoms with Crippen molar-refractivity contribution in [1.82, 2.24) is 9.78 Å². The number of hydrogen-bond acceptors (Lipinski definition) is 5. The van der Waals surface area contributed by atoms with Crippen LogP contribution in [0.3, 0.4) is 0 Å². The Balaban J connectivity index is 1.64. The van der Waals surface area contributed by atoms with Gasteiger partial charge in [0.25, 0.3) is 11.8 Å². The number of nitriles is 1. The molecule has 2 aromatic carbocycles. The number of aromatic nitrogens is 2. The molecule has 1 N–H and O–H groups in total. The molecular formula is C22H19N5O3. The quantitative estimate of drug-likeness (QED) is 0.724. The van der Waals surface area contributed by atoms with Gasteiger partial charge in [-0.1, -0.05) is 18.2 Å². The number of rotatable bonds is 4. The summed E-state index contributed by atoms with van der Waals surface area (Å²) < 4.78 is 6.72.